The van der Waals surface area contributed by atoms with Crippen molar-refractivity contribution in [3.63, 3.8) is 0 Å². The fourth-order valence-electron chi connectivity index (χ4n) is 2.80. The van der Waals surface area contributed by atoms with E-state index >= 15 is 0 Å². The summed E-state index contributed by atoms with van der Waals surface area (Å²) in [5, 5.41) is 3.13. The zero-order chi connectivity index (χ0) is 21.1. The molecule has 0 amide bonds. The second-order valence-corrected chi connectivity index (χ2v) is 8.24. The molecule has 0 spiro atoms. The zero-order valence-electron chi connectivity index (χ0n) is 15.2. The number of hydrogen-bond acceptors (Lipinski definition) is 7. The molecule has 2 aromatic rings. The lowest BCUT2D eigenvalue weighted by atomic mass is 10.2. The van der Waals surface area contributed by atoms with Crippen molar-refractivity contribution in [1.82, 2.24) is 14.3 Å². The van der Waals surface area contributed by atoms with Crippen molar-refractivity contribution in [3.8, 4) is 5.75 Å². The van der Waals surface area contributed by atoms with Gasteiger partial charge in [-0.3, -0.25) is 4.79 Å². The molecule has 1 saturated heterocycles. The summed E-state index contributed by atoms with van der Waals surface area (Å²) in [7, 11) is -4.04. The molecule has 1 N–H and O–H groups in total. The van der Waals surface area contributed by atoms with Crippen LogP contribution in [0, 0.1) is 0 Å². The number of rotatable bonds is 6. The smallest absolute Gasteiger partial charge is 0.416 e. The van der Waals surface area contributed by atoms with Crippen molar-refractivity contribution < 1.29 is 26.3 Å². The molecule has 0 radical (unpaired) electrons. The Balaban J connectivity index is 1.68. The first kappa shape index (κ1) is 21.1. The topological polar surface area (TPSA) is 93.5 Å². The minimum Gasteiger partial charge on any atom is -0.492 e. The molecule has 1 aliphatic heterocycles. The second kappa shape index (κ2) is 8.41. The van der Waals surface area contributed by atoms with Crippen molar-refractivity contribution in [2.45, 2.75) is 6.18 Å². The van der Waals surface area contributed by atoms with Crippen LogP contribution in [-0.4, -0.2) is 55.9 Å². The van der Waals surface area contributed by atoms with Gasteiger partial charge in [-0.05, 0) is 24.3 Å². The highest BCUT2D eigenvalue weighted by Crippen LogP contribution is 2.30. The molecule has 0 saturated carbocycles. The summed E-state index contributed by atoms with van der Waals surface area (Å²) in [6.07, 6.45) is -2.15. The lowest BCUT2D eigenvalue weighted by Crippen LogP contribution is -2.47. The molecule has 2 heterocycles. The standard InChI is InChI=1S/C17H19F3N4O4S/c18-17(19,20)13-1-3-14(4-2-13)28-11-12-29(26,27)24-10-7-22-15(16(24)25)23-8-5-21-6-9-23/h1-4,7,10,21H,5-6,8-9,11-12H2. The molecule has 1 aromatic heterocycles. The highest BCUT2D eigenvalue weighted by molar-refractivity contribution is 7.89. The number of hydrogen-bond donors (Lipinski definition) is 1. The van der Waals surface area contributed by atoms with Crippen LogP contribution in [0.25, 0.3) is 0 Å². The van der Waals surface area contributed by atoms with Crippen LogP contribution in [0.1, 0.15) is 5.56 Å². The van der Waals surface area contributed by atoms with Crippen molar-refractivity contribution in [2.75, 3.05) is 43.4 Å². The normalized spacial score (nSPS) is 15.3. The highest BCUT2D eigenvalue weighted by atomic mass is 32.2. The van der Waals surface area contributed by atoms with E-state index in [1.54, 1.807) is 4.90 Å². The summed E-state index contributed by atoms with van der Waals surface area (Å²) in [5.41, 5.74) is -1.58. The van der Waals surface area contributed by atoms with Crippen molar-refractivity contribution in [2.24, 2.45) is 0 Å². The van der Waals surface area contributed by atoms with Gasteiger partial charge in [0.05, 0.1) is 5.56 Å². The summed E-state index contributed by atoms with van der Waals surface area (Å²) in [4.78, 5) is 18.3. The van der Waals surface area contributed by atoms with Crippen LogP contribution in [-0.2, 0) is 16.2 Å². The van der Waals surface area contributed by atoms with E-state index in [0.29, 0.717) is 30.2 Å². The second-order valence-electron chi connectivity index (χ2n) is 6.28. The number of ether oxygens (including phenoxy) is 1. The third-order valence-corrected chi connectivity index (χ3v) is 5.87. The summed E-state index contributed by atoms with van der Waals surface area (Å²) in [6, 6.07) is 3.90. The van der Waals surface area contributed by atoms with E-state index in [4.69, 9.17) is 4.74 Å². The monoisotopic (exact) mass is 432 g/mol. The lowest BCUT2D eigenvalue weighted by molar-refractivity contribution is -0.137. The zero-order valence-corrected chi connectivity index (χ0v) is 16.0. The van der Waals surface area contributed by atoms with E-state index in [-0.39, 0.29) is 18.2 Å². The van der Waals surface area contributed by atoms with E-state index in [1.807, 2.05) is 0 Å². The highest BCUT2D eigenvalue weighted by Gasteiger charge is 2.30. The number of nitrogens with zero attached hydrogens (tertiary/aromatic N) is 3. The Labute approximate surface area is 165 Å². The van der Waals surface area contributed by atoms with Crippen molar-refractivity contribution >= 4 is 15.8 Å². The first-order valence-corrected chi connectivity index (χ1v) is 10.4. The first-order valence-electron chi connectivity index (χ1n) is 8.75. The lowest BCUT2D eigenvalue weighted by Gasteiger charge is -2.27. The van der Waals surface area contributed by atoms with Gasteiger partial charge >= 0.3 is 11.7 Å². The van der Waals surface area contributed by atoms with Crippen molar-refractivity contribution in [1.29, 1.82) is 0 Å². The van der Waals surface area contributed by atoms with E-state index in [0.717, 1.165) is 30.5 Å². The average Bonchev–Trinajstić information content (AvgIpc) is 2.68. The number of aromatic nitrogens is 2. The fraction of sp³-hybridized carbons (Fsp3) is 0.412. The SMILES string of the molecule is O=c1c(N2CCNCC2)nccn1S(=O)(=O)CCOc1ccc(C(F)(F)F)cc1. The third kappa shape index (κ3) is 5.07. The van der Waals surface area contributed by atoms with Crippen LogP contribution < -0.4 is 20.5 Å². The number of halogens is 3. The minimum absolute atomic E-state index is 0.0567. The van der Waals surface area contributed by atoms with E-state index in [9.17, 15) is 26.4 Å². The van der Waals surface area contributed by atoms with Gasteiger partial charge in [-0.1, -0.05) is 0 Å². The van der Waals surface area contributed by atoms with Gasteiger partial charge in [0.2, 0.25) is 10.0 Å². The Bertz CT molecular complexity index is 1000. The maximum absolute atomic E-state index is 12.6. The first-order chi connectivity index (χ1) is 13.7. The molecule has 0 atom stereocenters. The molecule has 0 unspecified atom stereocenters. The van der Waals surface area contributed by atoms with E-state index < -0.39 is 33.1 Å². The minimum atomic E-state index is -4.47. The van der Waals surface area contributed by atoms with Gasteiger partial charge in [-0.15, -0.1) is 0 Å². The largest absolute Gasteiger partial charge is 0.492 e. The van der Waals surface area contributed by atoms with Gasteiger partial charge in [0, 0.05) is 38.6 Å². The summed E-state index contributed by atoms with van der Waals surface area (Å²) >= 11 is 0. The van der Waals surface area contributed by atoms with Crippen LogP contribution in [0.2, 0.25) is 0 Å². The average molecular weight is 432 g/mol. The van der Waals surface area contributed by atoms with Gasteiger partial charge in [0.1, 0.15) is 18.1 Å². The van der Waals surface area contributed by atoms with E-state index in [2.05, 4.69) is 10.3 Å². The number of nitrogens with one attached hydrogen (secondary N) is 1. The molecule has 0 aliphatic carbocycles. The van der Waals surface area contributed by atoms with Gasteiger partial charge in [-0.25, -0.2) is 17.4 Å². The predicted molar refractivity (Wildman–Crippen MR) is 99.7 cm³/mol. The maximum atomic E-state index is 12.6. The Morgan fingerprint density at radius 1 is 1.14 bits per heavy atom. The predicted octanol–water partition coefficient (Wildman–Crippen LogP) is 0.929. The molecule has 0 bridgehead atoms. The molecule has 1 aliphatic rings. The van der Waals surface area contributed by atoms with Gasteiger partial charge in [-0.2, -0.15) is 13.2 Å². The molecule has 12 heteroatoms. The molecule has 8 nitrogen and oxygen atoms in total. The molecule has 1 fully saturated rings. The Hall–Kier alpha value is -2.60. The maximum Gasteiger partial charge on any atom is 0.416 e. The summed E-state index contributed by atoms with van der Waals surface area (Å²) in [6.45, 7) is 2.05. The molecule has 1 aromatic carbocycles. The van der Waals surface area contributed by atoms with Crippen molar-refractivity contribution in [3.05, 3.63) is 52.6 Å². The molecular formula is C17H19F3N4O4S. The van der Waals surface area contributed by atoms with Gasteiger partial charge < -0.3 is 15.0 Å². The Morgan fingerprint density at radius 2 is 1.79 bits per heavy atom. The van der Waals surface area contributed by atoms with Crippen LogP contribution in [0.5, 0.6) is 5.75 Å². The molecule has 158 valence electrons. The van der Waals surface area contributed by atoms with Crippen LogP contribution in [0.4, 0.5) is 19.0 Å². The fourth-order valence-corrected chi connectivity index (χ4v) is 3.87. The Morgan fingerprint density at radius 3 is 2.41 bits per heavy atom. The molecule has 3 rings (SSSR count). The van der Waals surface area contributed by atoms with Gasteiger partial charge in [0.15, 0.2) is 5.82 Å². The van der Waals surface area contributed by atoms with Crippen LogP contribution in [0.15, 0.2) is 41.5 Å². The summed E-state index contributed by atoms with van der Waals surface area (Å²) < 4.78 is 68.6. The third-order valence-electron chi connectivity index (χ3n) is 4.30. The quantitative estimate of drug-likeness (QED) is 0.726. The van der Waals surface area contributed by atoms with Crippen LogP contribution in [0.3, 0.4) is 0 Å². The number of piperazine rings is 1. The Kier molecular flexibility index (Phi) is 6.13. The van der Waals surface area contributed by atoms with E-state index in [1.165, 1.54) is 6.20 Å². The molecular weight excluding hydrogens is 413 g/mol. The number of benzene rings is 1. The summed E-state index contributed by atoms with van der Waals surface area (Å²) in [5.74, 6) is -0.378. The van der Waals surface area contributed by atoms with Gasteiger partial charge in [0.25, 0.3) is 0 Å². The number of anilines is 1. The number of alkyl halides is 3. The van der Waals surface area contributed by atoms with Crippen LogP contribution >= 0.6 is 0 Å². The molecule has 29 heavy (non-hydrogen) atoms.